The summed E-state index contributed by atoms with van der Waals surface area (Å²) < 4.78 is 0. The van der Waals surface area contributed by atoms with Crippen molar-refractivity contribution in [3.05, 3.63) is 23.9 Å². The van der Waals surface area contributed by atoms with Crippen molar-refractivity contribution in [2.24, 2.45) is 4.99 Å². The Balaban J connectivity index is 0.00000288. The van der Waals surface area contributed by atoms with Crippen LogP contribution in [0.2, 0.25) is 0 Å². The van der Waals surface area contributed by atoms with Crippen molar-refractivity contribution in [2.45, 2.75) is 32.2 Å². The zero-order valence-corrected chi connectivity index (χ0v) is 17.9. The number of halogens is 1. The first-order valence-corrected chi connectivity index (χ1v) is 9.86. The first-order chi connectivity index (χ1) is 11.3. The van der Waals surface area contributed by atoms with Gasteiger partial charge in [0.15, 0.2) is 5.96 Å². The van der Waals surface area contributed by atoms with Gasteiger partial charge in [0.25, 0.3) is 0 Å². The molecule has 0 saturated carbocycles. The van der Waals surface area contributed by atoms with Crippen LogP contribution in [0.4, 0.5) is 5.82 Å². The third-order valence-corrected chi connectivity index (χ3v) is 4.69. The number of rotatable bonds is 8. The molecule has 2 rings (SSSR count). The molecule has 0 bridgehead atoms. The fraction of sp³-hybridized carbons (Fsp3) is 0.647. The highest BCUT2D eigenvalue weighted by Gasteiger charge is 2.13. The molecule has 2 heterocycles. The summed E-state index contributed by atoms with van der Waals surface area (Å²) in [5.74, 6) is 3.19. The van der Waals surface area contributed by atoms with Gasteiger partial charge < -0.3 is 15.5 Å². The molecule has 0 spiro atoms. The minimum absolute atomic E-state index is 0. The summed E-state index contributed by atoms with van der Waals surface area (Å²) in [6.07, 6.45) is 9.03. The van der Waals surface area contributed by atoms with Crippen LogP contribution in [-0.2, 0) is 6.54 Å². The van der Waals surface area contributed by atoms with E-state index in [1.807, 2.05) is 25.0 Å². The molecule has 1 aliphatic rings. The highest BCUT2D eigenvalue weighted by atomic mass is 127. The van der Waals surface area contributed by atoms with E-state index < -0.39 is 0 Å². The lowest BCUT2D eigenvalue weighted by Gasteiger charge is -2.17. The Morgan fingerprint density at radius 3 is 2.79 bits per heavy atom. The molecule has 0 aromatic carbocycles. The average Bonchev–Trinajstić information content (AvgIpc) is 3.12. The van der Waals surface area contributed by atoms with E-state index in [0.717, 1.165) is 38.0 Å². The molecule has 0 unspecified atom stereocenters. The predicted octanol–water partition coefficient (Wildman–Crippen LogP) is 3.11. The summed E-state index contributed by atoms with van der Waals surface area (Å²) >= 11 is 1.90. The van der Waals surface area contributed by atoms with E-state index in [4.69, 9.17) is 0 Å². The highest BCUT2D eigenvalue weighted by Crippen LogP contribution is 2.18. The Bertz CT molecular complexity index is 492. The van der Waals surface area contributed by atoms with E-state index in [0.29, 0.717) is 0 Å². The number of aromatic nitrogens is 1. The van der Waals surface area contributed by atoms with Crippen LogP contribution >= 0.6 is 35.7 Å². The molecule has 1 aromatic rings. The quantitative estimate of drug-likeness (QED) is 0.269. The van der Waals surface area contributed by atoms with Crippen LogP contribution in [-0.4, -0.2) is 49.6 Å². The van der Waals surface area contributed by atoms with Crippen LogP contribution in [0, 0.1) is 0 Å². The summed E-state index contributed by atoms with van der Waals surface area (Å²) in [4.78, 5) is 11.1. The van der Waals surface area contributed by atoms with Crippen LogP contribution in [0.1, 0.15) is 31.2 Å². The topological polar surface area (TPSA) is 52.6 Å². The molecular formula is C17H30IN5S. The Morgan fingerprint density at radius 2 is 2.08 bits per heavy atom. The number of hydrogen-bond donors (Lipinski definition) is 2. The number of nitrogens with zero attached hydrogens (tertiary/aromatic N) is 3. The van der Waals surface area contributed by atoms with Crippen molar-refractivity contribution in [1.29, 1.82) is 0 Å². The first-order valence-electron chi connectivity index (χ1n) is 8.47. The Labute approximate surface area is 167 Å². The third kappa shape index (κ3) is 7.46. The number of thioether (sulfide) groups is 1. The summed E-state index contributed by atoms with van der Waals surface area (Å²) in [7, 11) is 1.82. The second-order valence-electron chi connectivity index (χ2n) is 5.77. The molecule has 1 aromatic heterocycles. The predicted molar refractivity (Wildman–Crippen MR) is 117 cm³/mol. The van der Waals surface area contributed by atoms with Crippen LogP contribution in [0.3, 0.4) is 0 Å². The van der Waals surface area contributed by atoms with Gasteiger partial charge in [0.05, 0.1) is 0 Å². The summed E-state index contributed by atoms with van der Waals surface area (Å²) in [5, 5.41) is 6.75. The van der Waals surface area contributed by atoms with Crippen LogP contribution < -0.4 is 15.5 Å². The van der Waals surface area contributed by atoms with Crippen molar-refractivity contribution in [3.8, 4) is 0 Å². The molecule has 24 heavy (non-hydrogen) atoms. The second-order valence-corrected chi connectivity index (χ2v) is 6.75. The first kappa shape index (κ1) is 21.3. The number of guanidine groups is 1. The Kier molecular flexibility index (Phi) is 11.2. The number of anilines is 1. The van der Waals surface area contributed by atoms with E-state index in [9.17, 15) is 0 Å². The molecule has 1 fully saturated rings. The lowest BCUT2D eigenvalue weighted by molar-refractivity contribution is 0.732. The van der Waals surface area contributed by atoms with Gasteiger partial charge in [0.1, 0.15) is 5.82 Å². The number of unbranched alkanes of at least 4 members (excludes halogenated alkanes) is 1. The van der Waals surface area contributed by atoms with Gasteiger partial charge in [-0.05, 0) is 55.4 Å². The zero-order chi connectivity index (χ0) is 16.3. The van der Waals surface area contributed by atoms with E-state index >= 15 is 0 Å². The number of hydrogen-bond acceptors (Lipinski definition) is 4. The lowest BCUT2D eigenvalue weighted by Crippen LogP contribution is -2.37. The summed E-state index contributed by atoms with van der Waals surface area (Å²) in [5.41, 5.74) is 1.24. The van der Waals surface area contributed by atoms with Crippen molar-refractivity contribution >= 4 is 47.5 Å². The van der Waals surface area contributed by atoms with E-state index in [1.54, 1.807) is 0 Å². The second kappa shape index (κ2) is 12.6. The van der Waals surface area contributed by atoms with Crippen LogP contribution in [0.25, 0.3) is 0 Å². The summed E-state index contributed by atoms with van der Waals surface area (Å²) in [6.45, 7) is 4.00. The molecule has 0 atom stereocenters. The van der Waals surface area contributed by atoms with Gasteiger partial charge in [0.2, 0.25) is 0 Å². The van der Waals surface area contributed by atoms with Gasteiger partial charge in [-0.25, -0.2) is 4.98 Å². The summed E-state index contributed by atoms with van der Waals surface area (Å²) in [6, 6.07) is 4.25. The Morgan fingerprint density at radius 1 is 1.29 bits per heavy atom. The molecule has 136 valence electrons. The third-order valence-electron chi connectivity index (χ3n) is 3.99. The molecular weight excluding hydrogens is 433 g/mol. The normalized spacial score (nSPS) is 14.4. The number of aliphatic imine (C=N–C) groups is 1. The average molecular weight is 463 g/mol. The van der Waals surface area contributed by atoms with Crippen molar-refractivity contribution in [2.75, 3.05) is 43.6 Å². The van der Waals surface area contributed by atoms with Crippen molar-refractivity contribution in [3.63, 3.8) is 0 Å². The van der Waals surface area contributed by atoms with Gasteiger partial charge in [-0.15, -0.1) is 24.0 Å². The maximum atomic E-state index is 4.50. The smallest absolute Gasteiger partial charge is 0.191 e. The molecule has 2 N–H and O–H groups in total. The molecule has 1 saturated heterocycles. The van der Waals surface area contributed by atoms with Crippen LogP contribution in [0.15, 0.2) is 23.3 Å². The van der Waals surface area contributed by atoms with Gasteiger partial charge in [0, 0.05) is 39.4 Å². The van der Waals surface area contributed by atoms with E-state index in [-0.39, 0.29) is 24.0 Å². The molecule has 5 nitrogen and oxygen atoms in total. The minimum atomic E-state index is 0. The van der Waals surface area contributed by atoms with Crippen molar-refractivity contribution < 1.29 is 0 Å². The zero-order valence-electron chi connectivity index (χ0n) is 14.8. The SMILES string of the molecule is CN=C(NCCCCSC)NCc1ccnc(N2CCCC2)c1.I. The Hall–Kier alpha value is -0.700. The molecule has 0 amide bonds. The monoisotopic (exact) mass is 463 g/mol. The molecule has 0 radical (unpaired) electrons. The van der Waals surface area contributed by atoms with E-state index in [1.165, 1.54) is 37.0 Å². The number of nitrogens with one attached hydrogen (secondary N) is 2. The maximum absolute atomic E-state index is 4.50. The van der Waals surface area contributed by atoms with Crippen LogP contribution in [0.5, 0.6) is 0 Å². The molecule has 0 aliphatic carbocycles. The van der Waals surface area contributed by atoms with Crippen molar-refractivity contribution in [1.82, 2.24) is 15.6 Å². The van der Waals surface area contributed by atoms with Gasteiger partial charge in [-0.3, -0.25) is 4.99 Å². The van der Waals surface area contributed by atoms with Gasteiger partial charge >= 0.3 is 0 Å². The number of pyridine rings is 1. The minimum Gasteiger partial charge on any atom is -0.357 e. The molecule has 7 heteroatoms. The fourth-order valence-electron chi connectivity index (χ4n) is 2.67. The fourth-order valence-corrected chi connectivity index (χ4v) is 3.17. The molecule has 1 aliphatic heterocycles. The maximum Gasteiger partial charge on any atom is 0.191 e. The lowest BCUT2D eigenvalue weighted by atomic mass is 10.2. The standard InChI is InChI=1S/C17H29N5S.HI/c1-18-17(20-8-3-6-12-23-2)21-14-15-7-9-19-16(13-15)22-10-4-5-11-22;/h7,9,13H,3-6,8,10-12,14H2,1-2H3,(H2,18,20,21);1H. The van der Waals surface area contributed by atoms with Gasteiger partial charge in [-0.1, -0.05) is 0 Å². The largest absolute Gasteiger partial charge is 0.357 e. The highest BCUT2D eigenvalue weighted by molar-refractivity contribution is 14.0. The van der Waals surface area contributed by atoms with Gasteiger partial charge in [-0.2, -0.15) is 11.8 Å². The van der Waals surface area contributed by atoms with E-state index in [2.05, 4.69) is 43.9 Å².